The topological polar surface area (TPSA) is 114 Å². The fourth-order valence-corrected chi connectivity index (χ4v) is 4.17. The van der Waals surface area contributed by atoms with Gasteiger partial charge in [0.15, 0.2) is 0 Å². The molecular weight excluding hydrogens is 346 g/mol. The molecule has 25 heavy (non-hydrogen) atoms. The van der Waals surface area contributed by atoms with Crippen LogP contribution >= 0.6 is 0 Å². The van der Waals surface area contributed by atoms with Crippen LogP contribution in [0.2, 0.25) is 0 Å². The maximum absolute atomic E-state index is 12.6. The zero-order valence-electron chi connectivity index (χ0n) is 13.8. The van der Waals surface area contributed by atoms with E-state index >= 15 is 0 Å². The van der Waals surface area contributed by atoms with E-state index in [0.717, 1.165) is 0 Å². The van der Waals surface area contributed by atoms with Gasteiger partial charge >= 0.3 is 11.6 Å². The van der Waals surface area contributed by atoms with E-state index in [2.05, 4.69) is 5.27 Å². The first-order valence-corrected chi connectivity index (χ1v) is 9.40. The molecule has 3 rings (SSSR count). The van der Waals surface area contributed by atoms with Crippen LogP contribution in [-0.2, 0) is 10.0 Å². The summed E-state index contributed by atoms with van der Waals surface area (Å²) in [5, 5.41) is 5.56. The summed E-state index contributed by atoms with van der Waals surface area (Å²) in [6.45, 7) is 3.01. The summed E-state index contributed by atoms with van der Waals surface area (Å²) in [5.41, 5.74) is 5.89. The van der Waals surface area contributed by atoms with Crippen LogP contribution < -0.4 is 15.5 Å². The number of sulfonamides is 1. The van der Waals surface area contributed by atoms with Crippen LogP contribution in [0, 0.1) is 0 Å². The maximum Gasteiger partial charge on any atom is 0.373 e. The average molecular weight is 366 g/mol. The van der Waals surface area contributed by atoms with Gasteiger partial charge in [-0.15, -0.1) is 5.01 Å². The SMILES string of the molecule is CCC(=O)c1c(N)on[n+]1N1CCN(S(=O)(=O)c2ccccc2)CC1. The molecule has 9 nitrogen and oxygen atoms in total. The van der Waals surface area contributed by atoms with Crippen LogP contribution in [0.3, 0.4) is 0 Å². The van der Waals surface area contributed by atoms with E-state index in [-0.39, 0.29) is 41.8 Å². The minimum atomic E-state index is -3.53. The summed E-state index contributed by atoms with van der Waals surface area (Å²) < 4.78 is 31.6. The molecule has 1 aliphatic rings. The van der Waals surface area contributed by atoms with Gasteiger partial charge in [0.05, 0.1) is 22.8 Å². The van der Waals surface area contributed by atoms with Crippen LogP contribution in [0.5, 0.6) is 0 Å². The van der Waals surface area contributed by atoms with Crippen molar-refractivity contribution < 1.29 is 22.5 Å². The molecule has 134 valence electrons. The Morgan fingerprint density at radius 3 is 2.48 bits per heavy atom. The highest BCUT2D eigenvalue weighted by molar-refractivity contribution is 7.89. The van der Waals surface area contributed by atoms with E-state index in [1.807, 2.05) is 0 Å². The molecule has 0 atom stereocenters. The van der Waals surface area contributed by atoms with Crippen molar-refractivity contribution in [2.45, 2.75) is 18.2 Å². The second kappa shape index (κ2) is 6.81. The van der Waals surface area contributed by atoms with Gasteiger partial charge in [0.1, 0.15) is 0 Å². The molecule has 1 aromatic carbocycles. The Hall–Kier alpha value is -2.46. The first kappa shape index (κ1) is 17.4. The van der Waals surface area contributed by atoms with Gasteiger partial charge in [-0.2, -0.15) is 4.31 Å². The van der Waals surface area contributed by atoms with Gasteiger partial charge in [-0.05, 0) is 12.1 Å². The molecule has 0 saturated carbocycles. The lowest BCUT2D eigenvalue weighted by molar-refractivity contribution is -0.760. The number of benzene rings is 1. The Balaban J connectivity index is 1.76. The molecule has 2 N–H and O–H groups in total. The third-order valence-electron chi connectivity index (χ3n) is 4.10. The third kappa shape index (κ3) is 3.22. The minimum absolute atomic E-state index is 0.0359. The molecular formula is C15H20N5O4S+. The van der Waals surface area contributed by atoms with Crippen LogP contribution in [0.25, 0.3) is 0 Å². The lowest BCUT2D eigenvalue weighted by Crippen LogP contribution is -2.67. The molecule has 2 aromatic rings. The Bertz CT molecular complexity index is 857. The van der Waals surface area contributed by atoms with Gasteiger partial charge in [0, 0.05) is 19.5 Å². The summed E-state index contributed by atoms with van der Waals surface area (Å²) in [6.07, 6.45) is 0.272. The normalized spacial score (nSPS) is 16.1. The fraction of sp³-hybridized carbons (Fsp3) is 0.400. The number of aromatic nitrogens is 2. The Morgan fingerprint density at radius 1 is 1.24 bits per heavy atom. The highest BCUT2D eigenvalue weighted by atomic mass is 32.2. The molecule has 0 radical (unpaired) electrons. The van der Waals surface area contributed by atoms with Gasteiger partial charge < -0.3 is 5.73 Å². The van der Waals surface area contributed by atoms with Crippen molar-refractivity contribution in [3.8, 4) is 0 Å². The lowest BCUT2D eigenvalue weighted by Gasteiger charge is -2.29. The third-order valence-corrected chi connectivity index (χ3v) is 6.01. The van der Waals surface area contributed by atoms with E-state index in [9.17, 15) is 13.2 Å². The zero-order valence-corrected chi connectivity index (χ0v) is 14.6. The summed E-state index contributed by atoms with van der Waals surface area (Å²) in [5.74, 6) is -0.218. The molecule has 0 spiro atoms. The molecule has 0 aliphatic carbocycles. The van der Waals surface area contributed by atoms with Crippen molar-refractivity contribution in [1.82, 2.24) is 9.58 Å². The minimum Gasteiger partial charge on any atom is -0.361 e. The Kier molecular flexibility index (Phi) is 4.73. The van der Waals surface area contributed by atoms with Crippen LogP contribution in [-0.4, -0.2) is 50.0 Å². The lowest BCUT2D eigenvalue weighted by atomic mass is 10.2. The standard InChI is InChI=1S/C15H19N5O4S/c1-2-13(21)14-15(16)24-17-20(14)18-8-10-19(11-9-18)25(22,23)12-6-4-3-5-7-12/h3-7H,2,8-11H2,1H3,(H-,16,17,21)/p+1. The largest absolute Gasteiger partial charge is 0.373 e. The fourth-order valence-electron chi connectivity index (χ4n) is 2.72. The smallest absolute Gasteiger partial charge is 0.361 e. The van der Waals surface area contributed by atoms with Crippen LogP contribution in [0.4, 0.5) is 5.88 Å². The van der Waals surface area contributed by atoms with Crippen LogP contribution in [0.1, 0.15) is 23.8 Å². The first-order chi connectivity index (χ1) is 11.9. The van der Waals surface area contributed by atoms with Crippen LogP contribution in [0.15, 0.2) is 39.8 Å². The molecule has 2 heterocycles. The second-order valence-corrected chi connectivity index (χ2v) is 7.56. The molecule has 10 heteroatoms. The molecule has 1 fully saturated rings. The Labute approximate surface area is 145 Å². The van der Waals surface area contributed by atoms with E-state index in [1.165, 1.54) is 9.10 Å². The van der Waals surface area contributed by atoms with Gasteiger partial charge in [-0.25, -0.2) is 8.42 Å². The average Bonchev–Trinajstić information content (AvgIpc) is 3.03. The monoisotopic (exact) mass is 366 g/mol. The van der Waals surface area contributed by atoms with Crippen molar-refractivity contribution in [3.63, 3.8) is 0 Å². The molecule has 1 saturated heterocycles. The van der Waals surface area contributed by atoms with Gasteiger partial charge in [-0.1, -0.05) is 25.1 Å². The number of carbonyl (C=O) groups is 1. The quantitative estimate of drug-likeness (QED) is 0.575. The zero-order chi connectivity index (χ0) is 18.0. The van der Waals surface area contributed by atoms with E-state index in [0.29, 0.717) is 13.1 Å². The van der Waals surface area contributed by atoms with Crippen molar-refractivity contribution in [2.75, 3.05) is 36.9 Å². The predicted molar refractivity (Wildman–Crippen MR) is 88.9 cm³/mol. The second-order valence-electron chi connectivity index (χ2n) is 5.62. The van der Waals surface area contributed by atoms with Gasteiger partial charge in [0.25, 0.3) is 0 Å². The number of nitrogen functional groups attached to an aromatic ring is 1. The maximum atomic E-state index is 12.6. The van der Waals surface area contributed by atoms with E-state index in [1.54, 1.807) is 42.3 Å². The summed E-state index contributed by atoms with van der Waals surface area (Å²) in [6, 6.07) is 8.31. The van der Waals surface area contributed by atoms with Crippen molar-refractivity contribution in [1.29, 1.82) is 0 Å². The number of anilines is 1. The van der Waals surface area contributed by atoms with Gasteiger partial charge in [0.2, 0.25) is 21.1 Å². The highest BCUT2D eigenvalue weighted by Crippen LogP contribution is 2.16. The van der Waals surface area contributed by atoms with E-state index in [4.69, 9.17) is 10.3 Å². The predicted octanol–water partition coefficient (Wildman–Crippen LogP) is -0.220. The molecule has 0 bridgehead atoms. The number of hydrogen-bond acceptors (Lipinski definition) is 7. The molecule has 1 aliphatic heterocycles. The number of hydrogen-bond donors (Lipinski definition) is 1. The summed E-state index contributed by atoms with van der Waals surface area (Å²) in [7, 11) is -3.53. The van der Waals surface area contributed by atoms with E-state index < -0.39 is 10.0 Å². The van der Waals surface area contributed by atoms with Crippen molar-refractivity contribution in [3.05, 3.63) is 36.0 Å². The van der Waals surface area contributed by atoms with Crippen molar-refractivity contribution in [2.24, 2.45) is 0 Å². The Morgan fingerprint density at radius 2 is 1.88 bits per heavy atom. The van der Waals surface area contributed by atoms with Gasteiger partial charge in [-0.3, -0.25) is 9.32 Å². The molecule has 0 amide bonds. The number of carbonyl (C=O) groups excluding carboxylic acids is 1. The first-order valence-electron chi connectivity index (χ1n) is 7.96. The number of rotatable bonds is 5. The van der Waals surface area contributed by atoms with Crippen molar-refractivity contribution >= 4 is 21.7 Å². The number of nitrogens with two attached hydrogens (primary N) is 1. The number of ketones is 1. The highest BCUT2D eigenvalue weighted by Gasteiger charge is 2.37. The number of nitrogens with zero attached hydrogens (tertiary/aromatic N) is 4. The molecule has 1 aromatic heterocycles. The number of Topliss-reactive ketones (excluding diaryl/α,β-unsaturated/α-hetero) is 1. The summed E-state index contributed by atoms with van der Waals surface area (Å²) in [4.78, 5) is 13.6. The number of piperazine rings is 1. The summed E-state index contributed by atoms with van der Waals surface area (Å²) >= 11 is 0. The molecule has 0 unspecified atom stereocenters.